The van der Waals surface area contributed by atoms with E-state index in [1.54, 1.807) is 0 Å². The minimum atomic E-state index is -0.635. The summed E-state index contributed by atoms with van der Waals surface area (Å²) in [6.07, 6.45) is 4.34. The van der Waals surface area contributed by atoms with Gasteiger partial charge in [0.15, 0.2) is 0 Å². The molecule has 2 aliphatic heterocycles. The maximum absolute atomic E-state index is 12.0. The maximum atomic E-state index is 12.0. The van der Waals surface area contributed by atoms with Crippen LogP contribution in [0, 0.1) is 12.3 Å². The van der Waals surface area contributed by atoms with Gasteiger partial charge in [-0.2, -0.15) is 0 Å². The summed E-state index contributed by atoms with van der Waals surface area (Å²) in [4.78, 5) is 25.7. The van der Waals surface area contributed by atoms with Crippen molar-refractivity contribution >= 4 is 11.8 Å². The van der Waals surface area contributed by atoms with Crippen LogP contribution in [-0.2, 0) is 11.2 Å². The number of carboxylic acids is 1. The third-order valence-electron chi connectivity index (χ3n) is 5.64. The topological polar surface area (TPSA) is 69.6 Å². The predicted octanol–water partition coefficient (Wildman–Crippen LogP) is 2.11. The quantitative estimate of drug-likeness (QED) is 0.911. The monoisotopic (exact) mass is 332 g/mol. The molecule has 132 valence electrons. The van der Waals surface area contributed by atoms with Crippen LogP contribution in [0.2, 0.25) is 0 Å². The molecule has 2 atom stereocenters. The van der Waals surface area contributed by atoms with E-state index in [1.165, 1.54) is 0 Å². The molecule has 1 N–H and O–H groups in total. The number of aryl methyl sites for hydroxylation is 2. The van der Waals surface area contributed by atoms with Crippen LogP contribution < -0.4 is 4.90 Å². The number of carbonyl (C=O) groups is 1. The van der Waals surface area contributed by atoms with Crippen LogP contribution in [0.1, 0.15) is 44.1 Å². The van der Waals surface area contributed by atoms with Crippen molar-refractivity contribution in [2.75, 3.05) is 31.6 Å². The molecule has 3 rings (SSSR count). The summed E-state index contributed by atoms with van der Waals surface area (Å²) >= 11 is 0. The maximum Gasteiger partial charge on any atom is 0.311 e. The summed E-state index contributed by atoms with van der Waals surface area (Å²) in [6, 6.07) is 2.07. The molecule has 1 aromatic rings. The van der Waals surface area contributed by atoms with E-state index < -0.39 is 11.4 Å². The molecule has 3 heterocycles. The molecule has 24 heavy (non-hydrogen) atoms. The van der Waals surface area contributed by atoms with Crippen LogP contribution in [0.25, 0.3) is 0 Å². The second-order valence-corrected chi connectivity index (χ2v) is 7.29. The summed E-state index contributed by atoms with van der Waals surface area (Å²) < 4.78 is 0. The number of hydrogen-bond donors (Lipinski definition) is 1. The average molecular weight is 332 g/mol. The van der Waals surface area contributed by atoms with Gasteiger partial charge in [-0.1, -0.05) is 6.92 Å². The van der Waals surface area contributed by atoms with Gasteiger partial charge in [0.05, 0.1) is 5.41 Å². The van der Waals surface area contributed by atoms with Gasteiger partial charge in [-0.15, -0.1) is 0 Å². The molecule has 0 radical (unpaired) electrons. The normalized spacial score (nSPS) is 27.8. The van der Waals surface area contributed by atoms with Gasteiger partial charge < -0.3 is 14.9 Å². The molecule has 2 aliphatic rings. The van der Waals surface area contributed by atoms with Crippen molar-refractivity contribution in [1.82, 2.24) is 14.9 Å². The number of aromatic nitrogens is 2. The lowest BCUT2D eigenvalue weighted by molar-refractivity contribution is -0.158. The molecule has 6 heteroatoms. The van der Waals surface area contributed by atoms with Crippen molar-refractivity contribution in [2.45, 2.75) is 52.0 Å². The molecule has 1 aromatic heterocycles. The molecule has 0 aromatic carbocycles. The Morgan fingerprint density at radius 2 is 2.17 bits per heavy atom. The predicted molar refractivity (Wildman–Crippen MR) is 93.3 cm³/mol. The summed E-state index contributed by atoms with van der Waals surface area (Å²) in [5.41, 5.74) is 0.383. The summed E-state index contributed by atoms with van der Waals surface area (Å²) in [5.74, 6) is 1.20. The number of carboxylic acid groups (broad SMARTS) is 1. The van der Waals surface area contributed by atoms with E-state index in [9.17, 15) is 9.90 Å². The molecule has 0 aliphatic carbocycles. The fourth-order valence-corrected chi connectivity index (χ4v) is 4.30. The van der Waals surface area contributed by atoms with Crippen LogP contribution in [0.4, 0.5) is 5.82 Å². The lowest BCUT2D eigenvalue weighted by Gasteiger charge is -2.52. The van der Waals surface area contributed by atoms with Gasteiger partial charge in [-0.05, 0) is 46.2 Å². The summed E-state index contributed by atoms with van der Waals surface area (Å²) in [6.45, 7) is 6.58. The number of fused-ring (bicyclic) bond motifs is 1. The smallest absolute Gasteiger partial charge is 0.311 e. The lowest BCUT2D eigenvalue weighted by atomic mass is 9.68. The van der Waals surface area contributed by atoms with Crippen LogP contribution in [-0.4, -0.2) is 58.7 Å². The van der Waals surface area contributed by atoms with Crippen molar-refractivity contribution in [3.8, 4) is 0 Å². The number of hydrogen-bond acceptors (Lipinski definition) is 5. The Morgan fingerprint density at radius 3 is 2.88 bits per heavy atom. The van der Waals surface area contributed by atoms with E-state index in [-0.39, 0.29) is 6.04 Å². The number of anilines is 1. The van der Waals surface area contributed by atoms with Crippen molar-refractivity contribution < 1.29 is 9.90 Å². The van der Waals surface area contributed by atoms with Crippen LogP contribution in [0.15, 0.2) is 6.07 Å². The first-order valence-electron chi connectivity index (χ1n) is 8.99. The zero-order valence-electron chi connectivity index (χ0n) is 15.0. The number of aliphatic carboxylic acids is 1. The van der Waals surface area contributed by atoms with Gasteiger partial charge in [0, 0.05) is 37.3 Å². The number of likely N-dealkylation sites (tertiary alicyclic amines) is 1. The Morgan fingerprint density at radius 1 is 1.38 bits per heavy atom. The number of piperidine rings is 2. The van der Waals surface area contributed by atoms with Crippen molar-refractivity contribution in [3.05, 3.63) is 17.6 Å². The van der Waals surface area contributed by atoms with E-state index in [4.69, 9.17) is 4.98 Å². The minimum Gasteiger partial charge on any atom is -0.481 e. The first-order chi connectivity index (χ1) is 11.5. The molecular weight excluding hydrogens is 304 g/mol. The fourth-order valence-electron chi connectivity index (χ4n) is 4.30. The highest BCUT2D eigenvalue weighted by Gasteiger charge is 2.52. The van der Waals surface area contributed by atoms with Gasteiger partial charge in [-0.3, -0.25) is 4.79 Å². The Balaban J connectivity index is 1.87. The van der Waals surface area contributed by atoms with E-state index >= 15 is 0 Å². The lowest BCUT2D eigenvalue weighted by Crippen LogP contribution is -2.63. The van der Waals surface area contributed by atoms with Crippen LogP contribution >= 0.6 is 0 Å². The Labute approximate surface area is 143 Å². The van der Waals surface area contributed by atoms with Gasteiger partial charge in [0.1, 0.15) is 11.6 Å². The van der Waals surface area contributed by atoms with Gasteiger partial charge in [-0.25, -0.2) is 9.97 Å². The average Bonchev–Trinajstić information content (AvgIpc) is 2.54. The van der Waals surface area contributed by atoms with Crippen LogP contribution in [0.3, 0.4) is 0 Å². The molecule has 0 spiro atoms. The minimum absolute atomic E-state index is 0.0439. The summed E-state index contributed by atoms with van der Waals surface area (Å²) in [5, 5.41) is 9.89. The van der Waals surface area contributed by atoms with Gasteiger partial charge >= 0.3 is 5.97 Å². The fraction of sp³-hybridized carbons (Fsp3) is 0.722. The standard InChI is InChI=1S/C18H28N4O2/c1-4-6-15-19-13(2)11-16(20-15)22-10-8-18(17(23)24)7-5-9-21(3)14(18)12-22/h11,14H,4-10,12H2,1-3H3,(H,23,24)/t14-,18+/m1/s1. The highest BCUT2D eigenvalue weighted by molar-refractivity contribution is 5.76. The SMILES string of the molecule is CCCc1nc(C)cc(N2CC[C@@]3(C(=O)O)CCCN(C)[C@@H]3C2)n1. The number of likely N-dealkylation sites (N-methyl/N-ethyl adjacent to an activating group) is 1. The zero-order chi connectivity index (χ0) is 17.3. The molecule has 0 unspecified atom stereocenters. The van der Waals surface area contributed by atoms with E-state index in [1.807, 2.05) is 13.0 Å². The van der Waals surface area contributed by atoms with E-state index in [0.717, 1.165) is 62.7 Å². The highest BCUT2D eigenvalue weighted by Crippen LogP contribution is 2.42. The number of nitrogens with zero attached hydrogens (tertiary/aromatic N) is 4. The number of rotatable bonds is 4. The Hall–Kier alpha value is -1.69. The Bertz CT molecular complexity index is 621. The van der Waals surface area contributed by atoms with E-state index in [2.05, 4.69) is 28.8 Å². The van der Waals surface area contributed by atoms with Crippen molar-refractivity contribution in [3.63, 3.8) is 0 Å². The molecular formula is C18H28N4O2. The second kappa shape index (κ2) is 6.67. The van der Waals surface area contributed by atoms with Crippen molar-refractivity contribution in [1.29, 1.82) is 0 Å². The first-order valence-corrected chi connectivity index (χ1v) is 8.99. The molecule has 0 amide bonds. The molecule has 0 saturated carbocycles. The molecule has 2 saturated heterocycles. The molecule has 6 nitrogen and oxygen atoms in total. The third-order valence-corrected chi connectivity index (χ3v) is 5.64. The van der Waals surface area contributed by atoms with Gasteiger partial charge in [0.25, 0.3) is 0 Å². The zero-order valence-corrected chi connectivity index (χ0v) is 15.0. The molecule has 2 fully saturated rings. The highest BCUT2D eigenvalue weighted by atomic mass is 16.4. The van der Waals surface area contributed by atoms with Gasteiger partial charge in [0.2, 0.25) is 0 Å². The third kappa shape index (κ3) is 2.99. The van der Waals surface area contributed by atoms with Crippen molar-refractivity contribution in [2.24, 2.45) is 5.41 Å². The molecule has 0 bridgehead atoms. The summed E-state index contributed by atoms with van der Waals surface area (Å²) in [7, 11) is 2.05. The largest absolute Gasteiger partial charge is 0.481 e. The Kier molecular flexibility index (Phi) is 4.76. The van der Waals surface area contributed by atoms with Crippen LogP contribution in [0.5, 0.6) is 0 Å². The second-order valence-electron chi connectivity index (χ2n) is 7.29. The van der Waals surface area contributed by atoms with E-state index in [0.29, 0.717) is 6.42 Å². The first kappa shape index (κ1) is 17.1.